The molecule has 0 aliphatic rings. The first-order valence-electron chi connectivity index (χ1n) is 5.27. The molecular formula is C12H12ClN3O. The minimum absolute atomic E-state index is 0.0391. The molecule has 4 nitrogen and oxygen atoms in total. The second-order valence-electron chi connectivity index (χ2n) is 3.57. The Morgan fingerprint density at radius 3 is 2.76 bits per heavy atom. The van der Waals surface area contributed by atoms with Gasteiger partial charge in [0.05, 0.1) is 0 Å². The molecule has 0 fully saturated rings. The van der Waals surface area contributed by atoms with Crippen LogP contribution in [0.2, 0.25) is 5.02 Å². The smallest absolute Gasteiger partial charge is 0.226 e. The molecule has 1 aromatic carbocycles. The minimum atomic E-state index is -0.0391. The molecule has 88 valence electrons. The molecule has 2 rings (SSSR count). The van der Waals surface area contributed by atoms with E-state index in [0.29, 0.717) is 18.0 Å². The van der Waals surface area contributed by atoms with Gasteiger partial charge in [0.2, 0.25) is 5.91 Å². The SMILES string of the molecule is O=C(CCn1cccn1)Nc1ccc(Cl)cc1. The minimum Gasteiger partial charge on any atom is -0.326 e. The van der Waals surface area contributed by atoms with E-state index in [1.54, 1.807) is 35.1 Å². The first-order chi connectivity index (χ1) is 8.24. The third-order valence-corrected chi connectivity index (χ3v) is 2.51. The number of anilines is 1. The van der Waals surface area contributed by atoms with E-state index in [-0.39, 0.29) is 5.91 Å². The van der Waals surface area contributed by atoms with Gasteiger partial charge in [0.1, 0.15) is 0 Å². The molecule has 2 aromatic rings. The van der Waals surface area contributed by atoms with Crippen LogP contribution >= 0.6 is 11.6 Å². The van der Waals surface area contributed by atoms with Crippen molar-refractivity contribution in [3.05, 3.63) is 47.7 Å². The van der Waals surface area contributed by atoms with Crippen LogP contribution in [0, 0.1) is 0 Å². The van der Waals surface area contributed by atoms with Crippen molar-refractivity contribution in [1.82, 2.24) is 9.78 Å². The van der Waals surface area contributed by atoms with Gasteiger partial charge in [0.25, 0.3) is 0 Å². The molecule has 0 saturated heterocycles. The standard InChI is InChI=1S/C12H12ClN3O/c13-10-2-4-11(5-3-10)15-12(17)6-9-16-8-1-7-14-16/h1-5,7-8H,6,9H2,(H,15,17). The lowest BCUT2D eigenvalue weighted by Crippen LogP contribution is -2.14. The summed E-state index contributed by atoms with van der Waals surface area (Å²) in [6.07, 6.45) is 3.91. The number of aryl methyl sites for hydroxylation is 1. The fourth-order valence-electron chi connectivity index (χ4n) is 1.41. The molecular weight excluding hydrogens is 238 g/mol. The Kier molecular flexibility index (Phi) is 3.77. The fourth-order valence-corrected chi connectivity index (χ4v) is 1.53. The zero-order chi connectivity index (χ0) is 12.1. The molecule has 17 heavy (non-hydrogen) atoms. The maximum absolute atomic E-state index is 11.6. The Morgan fingerprint density at radius 1 is 1.35 bits per heavy atom. The van der Waals surface area contributed by atoms with Crippen LogP contribution in [0.4, 0.5) is 5.69 Å². The van der Waals surface area contributed by atoms with Gasteiger partial charge in [-0.25, -0.2) is 0 Å². The van der Waals surface area contributed by atoms with Crippen molar-refractivity contribution in [3.8, 4) is 0 Å². The van der Waals surface area contributed by atoms with Crippen LogP contribution < -0.4 is 5.32 Å². The summed E-state index contributed by atoms with van der Waals surface area (Å²) in [5, 5.41) is 7.47. The van der Waals surface area contributed by atoms with Crippen molar-refractivity contribution in [2.45, 2.75) is 13.0 Å². The lowest BCUT2D eigenvalue weighted by molar-refractivity contribution is -0.116. The average Bonchev–Trinajstić information content (AvgIpc) is 2.83. The molecule has 0 spiro atoms. The van der Waals surface area contributed by atoms with Gasteiger partial charge in [-0.2, -0.15) is 5.10 Å². The highest BCUT2D eigenvalue weighted by Crippen LogP contribution is 2.13. The number of nitrogens with one attached hydrogen (secondary N) is 1. The van der Waals surface area contributed by atoms with Crippen LogP contribution in [0.5, 0.6) is 0 Å². The van der Waals surface area contributed by atoms with E-state index in [1.807, 2.05) is 12.3 Å². The molecule has 0 atom stereocenters. The summed E-state index contributed by atoms with van der Waals surface area (Å²) >= 11 is 5.75. The highest BCUT2D eigenvalue weighted by molar-refractivity contribution is 6.30. The number of nitrogens with zero attached hydrogens (tertiary/aromatic N) is 2. The van der Waals surface area contributed by atoms with Crippen LogP contribution in [0.15, 0.2) is 42.7 Å². The first-order valence-corrected chi connectivity index (χ1v) is 5.65. The monoisotopic (exact) mass is 249 g/mol. The van der Waals surface area contributed by atoms with Crippen LogP contribution in [0.1, 0.15) is 6.42 Å². The predicted octanol–water partition coefficient (Wildman–Crippen LogP) is 2.57. The number of amides is 1. The Morgan fingerprint density at radius 2 is 2.12 bits per heavy atom. The van der Waals surface area contributed by atoms with E-state index >= 15 is 0 Å². The lowest BCUT2D eigenvalue weighted by Gasteiger charge is -2.05. The second-order valence-corrected chi connectivity index (χ2v) is 4.01. The summed E-state index contributed by atoms with van der Waals surface area (Å²) < 4.78 is 1.72. The molecule has 0 radical (unpaired) electrons. The quantitative estimate of drug-likeness (QED) is 0.905. The van der Waals surface area contributed by atoms with Gasteiger partial charge in [-0.3, -0.25) is 9.48 Å². The zero-order valence-corrected chi connectivity index (χ0v) is 9.89. The Bertz CT molecular complexity index is 479. The van der Waals surface area contributed by atoms with Crippen molar-refractivity contribution in [3.63, 3.8) is 0 Å². The molecule has 0 saturated carbocycles. The Labute approximate surface area is 104 Å². The maximum Gasteiger partial charge on any atom is 0.226 e. The highest BCUT2D eigenvalue weighted by Gasteiger charge is 2.02. The summed E-state index contributed by atoms with van der Waals surface area (Å²) in [7, 11) is 0. The van der Waals surface area contributed by atoms with Crippen molar-refractivity contribution in [2.75, 3.05) is 5.32 Å². The topological polar surface area (TPSA) is 46.9 Å². The fraction of sp³-hybridized carbons (Fsp3) is 0.167. The molecule has 0 aliphatic carbocycles. The van der Waals surface area contributed by atoms with E-state index in [1.165, 1.54) is 0 Å². The average molecular weight is 250 g/mol. The van der Waals surface area contributed by atoms with E-state index in [2.05, 4.69) is 10.4 Å². The van der Waals surface area contributed by atoms with Crippen LogP contribution in [-0.4, -0.2) is 15.7 Å². The number of carbonyl (C=O) groups is 1. The van der Waals surface area contributed by atoms with Crippen molar-refractivity contribution < 1.29 is 4.79 Å². The molecule has 1 N–H and O–H groups in total. The highest BCUT2D eigenvalue weighted by atomic mass is 35.5. The number of aromatic nitrogens is 2. The number of rotatable bonds is 4. The third-order valence-electron chi connectivity index (χ3n) is 2.26. The van der Waals surface area contributed by atoms with Crippen LogP contribution in [0.3, 0.4) is 0 Å². The molecule has 5 heteroatoms. The summed E-state index contributed by atoms with van der Waals surface area (Å²) in [5.74, 6) is -0.0391. The first kappa shape index (κ1) is 11.7. The number of hydrogen-bond acceptors (Lipinski definition) is 2. The molecule has 1 amide bonds. The third kappa shape index (κ3) is 3.60. The van der Waals surface area contributed by atoms with Crippen molar-refractivity contribution in [1.29, 1.82) is 0 Å². The Hall–Kier alpha value is -1.81. The zero-order valence-electron chi connectivity index (χ0n) is 9.14. The van der Waals surface area contributed by atoms with Crippen molar-refractivity contribution >= 4 is 23.2 Å². The maximum atomic E-state index is 11.6. The molecule has 1 aromatic heterocycles. The largest absolute Gasteiger partial charge is 0.326 e. The normalized spacial score (nSPS) is 10.2. The van der Waals surface area contributed by atoms with E-state index in [0.717, 1.165) is 5.69 Å². The van der Waals surface area contributed by atoms with E-state index in [4.69, 9.17) is 11.6 Å². The predicted molar refractivity (Wildman–Crippen MR) is 66.9 cm³/mol. The summed E-state index contributed by atoms with van der Waals surface area (Å²) in [4.78, 5) is 11.6. The lowest BCUT2D eigenvalue weighted by atomic mass is 10.3. The van der Waals surface area contributed by atoms with Gasteiger partial charge in [0.15, 0.2) is 0 Å². The molecule has 0 unspecified atom stereocenters. The van der Waals surface area contributed by atoms with Crippen molar-refractivity contribution in [2.24, 2.45) is 0 Å². The summed E-state index contributed by atoms with van der Waals surface area (Å²) in [6, 6.07) is 8.86. The molecule has 0 bridgehead atoms. The van der Waals surface area contributed by atoms with Gasteiger partial charge in [-0.15, -0.1) is 0 Å². The van der Waals surface area contributed by atoms with E-state index < -0.39 is 0 Å². The summed E-state index contributed by atoms with van der Waals surface area (Å²) in [6.45, 7) is 0.576. The van der Waals surface area contributed by atoms with E-state index in [9.17, 15) is 4.79 Å². The van der Waals surface area contributed by atoms with Crippen LogP contribution in [0.25, 0.3) is 0 Å². The van der Waals surface area contributed by atoms with Gasteiger partial charge >= 0.3 is 0 Å². The number of halogens is 1. The molecule has 0 aliphatic heterocycles. The van der Waals surface area contributed by atoms with Gasteiger partial charge in [-0.1, -0.05) is 11.6 Å². The summed E-state index contributed by atoms with van der Waals surface area (Å²) in [5.41, 5.74) is 0.750. The number of hydrogen-bond donors (Lipinski definition) is 1. The van der Waals surface area contributed by atoms with Gasteiger partial charge in [0, 0.05) is 36.1 Å². The molecule has 1 heterocycles. The Balaban J connectivity index is 1.83. The second kappa shape index (κ2) is 5.50. The van der Waals surface area contributed by atoms with Crippen LogP contribution in [-0.2, 0) is 11.3 Å². The van der Waals surface area contributed by atoms with Gasteiger partial charge in [-0.05, 0) is 30.3 Å². The number of carbonyl (C=O) groups excluding carboxylic acids is 1. The van der Waals surface area contributed by atoms with Gasteiger partial charge < -0.3 is 5.32 Å². The number of benzene rings is 1.